The highest BCUT2D eigenvalue weighted by Gasteiger charge is 2.41. The van der Waals surface area contributed by atoms with Gasteiger partial charge >= 0.3 is 0 Å². The number of allylic oxidation sites excluding steroid dienone is 1. The van der Waals surface area contributed by atoms with Gasteiger partial charge in [0.15, 0.2) is 5.70 Å². The summed E-state index contributed by atoms with van der Waals surface area (Å²) >= 11 is 3.49. The number of amidine groups is 1. The van der Waals surface area contributed by atoms with E-state index >= 15 is 0 Å². The van der Waals surface area contributed by atoms with Gasteiger partial charge in [-0.3, -0.25) is 9.79 Å². The van der Waals surface area contributed by atoms with Gasteiger partial charge in [0.2, 0.25) is 5.91 Å². The number of carbonyl (C=O) groups excluding carboxylic acids is 2. The summed E-state index contributed by atoms with van der Waals surface area (Å²) in [6, 6.07) is -0.0665. The van der Waals surface area contributed by atoms with Crippen molar-refractivity contribution in [3.63, 3.8) is 0 Å². The highest BCUT2D eigenvalue weighted by molar-refractivity contribution is 9.18. The Balaban J connectivity index is 0.00000182. The second-order valence-corrected chi connectivity index (χ2v) is 7.08. The van der Waals surface area contributed by atoms with Crippen molar-refractivity contribution >= 4 is 38.9 Å². The molecule has 10 heteroatoms. The summed E-state index contributed by atoms with van der Waals surface area (Å²) in [6.45, 7) is 0.783. The molecule has 2 saturated heterocycles. The minimum atomic E-state index is -1.27. The molecule has 8 nitrogen and oxygen atoms in total. The van der Waals surface area contributed by atoms with Crippen molar-refractivity contribution < 1.29 is 32.0 Å². The smallest absolute Gasteiger partial charge is 0.279 e. The quantitative estimate of drug-likeness (QED) is 0.427. The fourth-order valence-electron chi connectivity index (χ4n) is 3.77. The molecule has 4 heterocycles. The summed E-state index contributed by atoms with van der Waals surface area (Å²) in [5.74, 6) is -0.0223. The summed E-state index contributed by atoms with van der Waals surface area (Å²) in [7, 11) is 0. The number of hydrogen-bond donors (Lipinski definition) is 1. The molecule has 134 valence electrons. The molecule has 2 amide bonds. The van der Waals surface area contributed by atoms with E-state index in [2.05, 4.69) is 25.9 Å². The molecule has 0 radical (unpaired) electrons. The van der Waals surface area contributed by atoms with E-state index in [9.17, 15) is 14.7 Å². The van der Waals surface area contributed by atoms with E-state index in [0.29, 0.717) is 13.1 Å². The predicted octanol–water partition coefficient (Wildman–Crippen LogP) is -4.33. The largest absolute Gasteiger partial charge is 1.00 e. The minimum Gasteiger partial charge on any atom is -1.00 e. The van der Waals surface area contributed by atoms with Crippen LogP contribution in [0.1, 0.15) is 12.8 Å². The Bertz CT molecular complexity index is 735. The maximum Gasteiger partial charge on any atom is 0.279 e. The molecule has 4 aliphatic rings. The SMILES string of the molecule is O=C([O-])N1CC(=O)N2CC(C3=C4C=NC=C[NH+]4C(Br)=N3)CCC2C1.[Cl-]. The van der Waals surface area contributed by atoms with Crippen LogP contribution in [-0.4, -0.2) is 58.4 Å². The van der Waals surface area contributed by atoms with Crippen molar-refractivity contribution in [2.75, 3.05) is 19.6 Å². The molecule has 0 aromatic rings. The number of amides is 2. The normalized spacial score (nSPS) is 30.7. The third kappa shape index (κ3) is 3.11. The van der Waals surface area contributed by atoms with Crippen molar-refractivity contribution in [2.45, 2.75) is 18.9 Å². The number of hydrogen-bond acceptors (Lipinski definition) is 5. The number of nitrogens with one attached hydrogen (secondary N) is 1. The number of piperidine rings is 1. The van der Waals surface area contributed by atoms with Gasteiger partial charge in [0, 0.05) is 41.0 Å². The third-order valence-electron chi connectivity index (χ3n) is 4.97. The van der Waals surface area contributed by atoms with Crippen molar-refractivity contribution in [2.24, 2.45) is 15.9 Å². The highest BCUT2D eigenvalue weighted by Crippen LogP contribution is 2.32. The zero-order chi connectivity index (χ0) is 16.8. The number of nitrogens with zero attached hydrogens (tertiary/aromatic N) is 4. The van der Waals surface area contributed by atoms with Crippen molar-refractivity contribution in [1.82, 2.24) is 9.80 Å². The number of carbonyl (C=O) groups is 2. The van der Waals surface area contributed by atoms with Gasteiger partial charge in [-0.05, 0) is 12.8 Å². The lowest BCUT2D eigenvalue weighted by atomic mass is 9.88. The first-order valence-electron chi connectivity index (χ1n) is 7.85. The predicted molar refractivity (Wildman–Crippen MR) is 87.2 cm³/mol. The number of quaternary nitrogens is 1. The van der Waals surface area contributed by atoms with Gasteiger partial charge in [0.1, 0.15) is 18.0 Å². The average molecular weight is 430 g/mol. The summed E-state index contributed by atoms with van der Waals surface area (Å²) in [5.41, 5.74) is 1.97. The Labute approximate surface area is 159 Å². The van der Waals surface area contributed by atoms with Crippen LogP contribution >= 0.6 is 15.9 Å². The molecule has 1 N–H and O–H groups in total. The maximum atomic E-state index is 12.3. The molecule has 4 aliphatic heterocycles. The average Bonchev–Trinajstić information content (AvgIpc) is 2.92. The van der Waals surface area contributed by atoms with E-state index in [-0.39, 0.29) is 36.8 Å². The summed E-state index contributed by atoms with van der Waals surface area (Å²) in [4.78, 5) is 36.1. The number of rotatable bonds is 1. The van der Waals surface area contributed by atoms with E-state index in [1.165, 1.54) is 0 Å². The van der Waals surface area contributed by atoms with Crippen LogP contribution in [0, 0.1) is 5.92 Å². The van der Waals surface area contributed by atoms with Gasteiger partial charge in [-0.1, -0.05) is 0 Å². The molecule has 0 spiro atoms. The molecule has 3 atom stereocenters. The lowest BCUT2D eigenvalue weighted by molar-refractivity contribution is -0.685. The van der Waals surface area contributed by atoms with Crippen LogP contribution in [0.5, 0.6) is 0 Å². The monoisotopic (exact) mass is 428 g/mol. The van der Waals surface area contributed by atoms with Crippen LogP contribution in [0.25, 0.3) is 0 Å². The molecule has 0 aliphatic carbocycles. The van der Waals surface area contributed by atoms with Crippen LogP contribution in [-0.2, 0) is 4.79 Å². The van der Waals surface area contributed by atoms with Crippen LogP contribution in [0.4, 0.5) is 4.79 Å². The Hall–Kier alpha value is -1.71. The van der Waals surface area contributed by atoms with E-state index in [4.69, 9.17) is 0 Å². The zero-order valence-corrected chi connectivity index (χ0v) is 15.5. The van der Waals surface area contributed by atoms with E-state index in [0.717, 1.165) is 38.8 Å². The second-order valence-electron chi connectivity index (χ2n) is 6.33. The lowest BCUT2D eigenvalue weighted by Gasteiger charge is -2.46. The summed E-state index contributed by atoms with van der Waals surface area (Å²) < 4.78 is 0.796. The first-order chi connectivity index (χ1) is 11.5. The van der Waals surface area contributed by atoms with E-state index in [1.54, 1.807) is 11.1 Å². The van der Waals surface area contributed by atoms with Crippen LogP contribution in [0.15, 0.2) is 33.8 Å². The molecule has 0 aromatic heterocycles. The summed E-state index contributed by atoms with van der Waals surface area (Å²) in [5, 5.41) is 11.0. The fourth-order valence-corrected chi connectivity index (χ4v) is 4.31. The van der Waals surface area contributed by atoms with Crippen LogP contribution in [0.2, 0.25) is 0 Å². The Morgan fingerprint density at radius 3 is 2.92 bits per heavy atom. The topological polar surface area (TPSA) is 92.8 Å². The van der Waals surface area contributed by atoms with Gasteiger partial charge in [-0.25, -0.2) is 4.90 Å². The van der Waals surface area contributed by atoms with E-state index in [1.807, 2.05) is 12.4 Å². The molecule has 0 aromatic carbocycles. The first kappa shape index (κ1) is 18.1. The molecule has 0 bridgehead atoms. The van der Waals surface area contributed by atoms with Gasteiger partial charge in [-0.2, -0.15) is 4.99 Å². The van der Waals surface area contributed by atoms with Crippen LogP contribution in [0.3, 0.4) is 0 Å². The molecule has 0 saturated carbocycles. The Kier molecular flexibility index (Phi) is 4.99. The maximum absolute atomic E-state index is 12.3. The van der Waals surface area contributed by atoms with E-state index < -0.39 is 6.09 Å². The lowest BCUT2D eigenvalue weighted by Crippen LogP contribution is -3.07. The standard InChI is InChI=1S/C15H16BrN5O3.ClH/c16-14-18-13(11-5-17-3-4-20(11)14)9-1-2-10-7-19(15(23)24)8-12(22)21(10)6-9;/h3-5,9-10H,1-2,6-8H2,(H,23,24);1H/p-1. The number of halogens is 2. The first-order valence-corrected chi connectivity index (χ1v) is 8.65. The Morgan fingerprint density at radius 1 is 1.36 bits per heavy atom. The van der Waals surface area contributed by atoms with Gasteiger partial charge in [0.05, 0.1) is 19.0 Å². The molecule has 3 unspecified atom stereocenters. The third-order valence-corrected chi connectivity index (χ3v) is 5.57. The van der Waals surface area contributed by atoms with Gasteiger partial charge in [-0.15, -0.1) is 0 Å². The second kappa shape index (κ2) is 6.89. The van der Waals surface area contributed by atoms with Gasteiger partial charge in [0.25, 0.3) is 4.74 Å². The number of carboxylic acid groups (broad SMARTS) is 1. The van der Waals surface area contributed by atoms with Crippen molar-refractivity contribution in [3.8, 4) is 0 Å². The van der Waals surface area contributed by atoms with Crippen molar-refractivity contribution in [3.05, 3.63) is 23.8 Å². The molecule has 2 fully saturated rings. The number of fused-ring (bicyclic) bond motifs is 2. The zero-order valence-electron chi connectivity index (χ0n) is 13.2. The van der Waals surface area contributed by atoms with Crippen LogP contribution < -0.4 is 22.4 Å². The number of aliphatic imine (C=N–C) groups is 2. The Morgan fingerprint density at radius 2 is 2.16 bits per heavy atom. The molecular weight excluding hydrogens is 414 g/mol. The van der Waals surface area contributed by atoms with Gasteiger partial charge < -0.3 is 32.1 Å². The number of piperazine rings is 1. The molecular formula is C15H16BrClN5O3-. The van der Waals surface area contributed by atoms with Crippen molar-refractivity contribution in [1.29, 1.82) is 0 Å². The molecule has 25 heavy (non-hydrogen) atoms. The molecule has 4 rings (SSSR count). The summed E-state index contributed by atoms with van der Waals surface area (Å²) in [6.07, 6.45) is 5.81. The highest BCUT2D eigenvalue weighted by atomic mass is 79.9. The fraction of sp³-hybridized carbons (Fsp3) is 0.467. The minimum absolute atomic E-state index is 0.